The third-order valence-corrected chi connectivity index (χ3v) is 11.1. The zero-order valence-corrected chi connectivity index (χ0v) is 24.0. The van der Waals surface area contributed by atoms with Gasteiger partial charge >= 0.3 is 0 Å². The van der Waals surface area contributed by atoms with Crippen molar-refractivity contribution in [2.45, 2.75) is 54.1 Å². The van der Waals surface area contributed by atoms with Gasteiger partial charge in [0.15, 0.2) is 19.7 Å². The molecule has 4 aromatic rings. The number of unbranched alkanes of at least 4 members (excludes halogenated alkanes) is 1. The summed E-state index contributed by atoms with van der Waals surface area (Å²) >= 11 is 0. The number of phenolic OH excluding ortho intramolecular Hbond substituents is 2. The van der Waals surface area contributed by atoms with Crippen molar-refractivity contribution < 1.29 is 27.0 Å². The van der Waals surface area contributed by atoms with E-state index < -0.39 is 24.9 Å². The molecule has 0 fully saturated rings. The third-order valence-electron chi connectivity index (χ3n) is 7.03. The highest BCUT2D eigenvalue weighted by Gasteiger charge is 2.30. The number of benzene rings is 4. The molecule has 0 saturated carbocycles. The minimum atomic E-state index is -3.96. The van der Waals surface area contributed by atoms with E-state index in [0.717, 1.165) is 17.5 Å². The van der Waals surface area contributed by atoms with Gasteiger partial charge in [-0.05, 0) is 65.8 Å². The van der Waals surface area contributed by atoms with Gasteiger partial charge in [-0.3, -0.25) is 0 Å². The topological polar surface area (TPSA) is 109 Å². The Morgan fingerprint density at radius 3 is 1.60 bits per heavy atom. The zero-order chi connectivity index (χ0) is 28.8. The highest BCUT2D eigenvalue weighted by Crippen LogP contribution is 2.35. The van der Waals surface area contributed by atoms with Crippen LogP contribution in [-0.4, -0.2) is 38.1 Å². The van der Waals surface area contributed by atoms with E-state index in [4.69, 9.17) is 0 Å². The smallest absolute Gasteiger partial charge is 0.184 e. The van der Waals surface area contributed by atoms with E-state index in [2.05, 4.69) is 0 Å². The van der Waals surface area contributed by atoms with E-state index in [1.807, 2.05) is 67.6 Å². The summed E-state index contributed by atoms with van der Waals surface area (Å²) in [6.45, 7) is 1.96. The molecule has 0 saturated heterocycles. The van der Waals surface area contributed by atoms with Gasteiger partial charge < -0.3 is 10.2 Å². The summed E-state index contributed by atoms with van der Waals surface area (Å²) in [5.41, 5.74) is 2.98. The molecule has 40 heavy (non-hydrogen) atoms. The predicted molar refractivity (Wildman–Crippen MR) is 159 cm³/mol. The van der Waals surface area contributed by atoms with Gasteiger partial charge in [0.25, 0.3) is 0 Å². The van der Waals surface area contributed by atoms with Crippen LogP contribution in [0.15, 0.2) is 107 Å². The number of rotatable bonds is 12. The van der Waals surface area contributed by atoms with Crippen LogP contribution in [0.25, 0.3) is 22.3 Å². The van der Waals surface area contributed by atoms with Crippen molar-refractivity contribution >= 4 is 19.7 Å². The highest BCUT2D eigenvalue weighted by atomic mass is 32.2. The number of aromatic hydroxyl groups is 2. The Hall–Kier alpha value is -3.62. The molecule has 0 aliphatic heterocycles. The minimum Gasteiger partial charge on any atom is -0.507 e. The van der Waals surface area contributed by atoms with Crippen LogP contribution in [0.2, 0.25) is 0 Å². The second-order valence-corrected chi connectivity index (χ2v) is 14.1. The molecule has 4 aromatic carbocycles. The molecule has 210 valence electrons. The molecule has 4 rings (SSSR count). The van der Waals surface area contributed by atoms with Crippen molar-refractivity contribution in [2.24, 2.45) is 0 Å². The molecule has 0 spiro atoms. The molecule has 0 heterocycles. The van der Waals surface area contributed by atoms with Gasteiger partial charge in [-0.2, -0.15) is 0 Å². The van der Waals surface area contributed by atoms with E-state index in [-0.39, 0.29) is 39.9 Å². The highest BCUT2D eigenvalue weighted by molar-refractivity contribution is 7.92. The Morgan fingerprint density at radius 2 is 1.07 bits per heavy atom. The third kappa shape index (κ3) is 6.74. The standard InChI is InChI=1S/C32H34O6S2/c1-2-3-15-28(40(37,38)32-23-27(18-20-30(32)34)25-13-8-5-9-14-25)16-10-21-39(35,36)31-22-26(17-19-29(31)33)24-11-6-4-7-12-24/h4-9,11-14,17-20,22-23,28,33-34H,2-3,10,15-16,21H2,1H3. The van der Waals surface area contributed by atoms with E-state index in [1.54, 1.807) is 12.1 Å². The first-order valence-electron chi connectivity index (χ1n) is 13.4. The molecule has 1 unspecified atom stereocenters. The Kier molecular flexibility index (Phi) is 9.32. The maximum atomic E-state index is 13.8. The normalized spacial score (nSPS) is 12.7. The molecule has 0 radical (unpaired) electrons. The first kappa shape index (κ1) is 29.4. The van der Waals surface area contributed by atoms with Crippen LogP contribution in [-0.2, 0) is 19.7 Å². The van der Waals surface area contributed by atoms with Gasteiger partial charge in [-0.1, -0.05) is 92.6 Å². The number of sulfone groups is 2. The zero-order valence-electron chi connectivity index (χ0n) is 22.4. The molecule has 0 bridgehead atoms. The summed E-state index contributed by atoms with van der Waals surface area (Å²) in [7, 11) is -7.85. The minimum absolute atomic E-state index is 0.0874. The van der Waals surface area contributed by atoms with E-state index in [0.29, 0.717) is 24.0 Å². The van der Waals surface area contributed by atoms with E-state index >= 15 is 0 Å². The SMILES string of the molecule is CCCCC(CCCS(=O)(=O)c1cc(-c2ccccc2)ccc1O)S(=O)(=O)c1cc(-c2ccccc2)ccc1O. The molecule has 1 atom stereocenters. The Bertz CT molecular complexity index is 1650. The fraction of sp³-hybridized carbons (Fsp3) is 0.250. The summed E-state index contributed by atoms with van der Waals surface area (Å²) in [6.07, 6.45) is 1.97. The number of phenols is 2. The Morgan fingerprint density at radius 1 is 0.600 bits per heavy atom. The second kappa shape index (κ2) is 12.7. The number of hydrogen-bond acceptors (Lipinski definition) is 6. The molecule has 6 nitrogen and oxygen atoms in total. The molecular weight excluding hydrogens is 544 g/mol. The van der Waals surface area contributed by atoms with Gasteiger partial charge in [0, 0.05) is 0 Å². The van der Waals surface area contributed by atoms with Crippen molar-refractivity contribution in [1.29, 1.82) is 0 Å². The van der Waals surface area contributed by atoms with Crippen LogP contribution in [0.3, 0.4) is 0 Å². The fourth-order valence-corrected chi connectivity index (χ4v) is 8.23. The summed E-state index contributed by atoms with van der Waals surface area (Å²) in [4.78, 5) is -0.318. The lowest BCUT2D eigenvalue weighted by molar-refractivity contribution is 0.455. The van der Waals surface area contributed by atoms with Crippen molar-refractivity contribution in [2.75, 3.05) is 5.75 Å². The van der Waals surface area contributed by atoms with Crippen LogP contribution in [0.4, 0.5) is 0 Å². The van der Waals surface area contributed by atoms with Crippen LogP contribution >= 0.6 is 0 Å². The van der Waals surface area contributed by atoms with Gasteiger partial charge in [0.1, 0.15) is 21.3 Å². The maximum Gasteiger partial charge on any atom is 0.184 e. The van der Waals surface area contributed by atoms with E-state index in [9.17, 15) is 27.0 Å². The molecule has 0 aliphatic carbocycles. The molecular formula is C32H34O6S2. The van der Waals surface area contributed by atoms with Crippen LogP contribution in [0.5, 0.6) is 11.5 Å². The number of hydrogen-bond donors (Lipinski definition) is 2. The average molecular weight is 579 g/mol. The lowest BCUT2D eigenvalue weighted by atomic mass is 10.1. The first-order valence-corrected chi connectivity index (χ1v) is 16.6. The monoisotopic (exact) mass is 578 g/mol. The molecule has 0 aliphatic rings. The average Bonchev–Trinajstić information content (AvgIpc) is 2.96. The van der Waals surface area contributed by atoms with Crippen molar-refractivity contribution in [1.82, 2.24) is 0 Å². The van der Waals surface area contributed by atoms with Crippen LogP contribution < -0.4 is 0 Å². The van der Waals surface area contributed by atoms with Gasteiger partial charge in [0.05, 0.1) is 11.0 Å². The van der Waals surface area contributed by atoms with E-state index in [1.165, 1.54) is 24.3 Å². The summed E-state index contributed by atoms with van der Waals surface area (Å²) < 4.78 is 54.1. The summed E-state index contributed by atoms with van der Waals surface area (Å²) in [6, 6.07) is 27.6. The molecule has 2 N–H and O–H groups in total. The largest absolute Gasteiger partial charge is 0.507 e. The fourth-order valence-electron chi connectivity index (χ4n) is 4.80. The lowest BCUT2D eigenvalue weighted by Gasteiger charge is -2.19. The van der Waals surface area contributed by atoms with Crippen molar-refractivity contribution in [3.8, 4) is 33.8 Å². The molecule has 0 amide bonds. The quantitative estimate of drug-likeness (QED) is 0.187. The van der Waals surface area contributed by atoms with Crippen LogP contribution in [0, 0.1) is 0 Å². The first-order chi connectivity index (χ1) is 19.1. The van der Waals surface area contributed by atoms with Gasteiger partial charge in [0.2, 0.25) is 0 Å². The Balaban J connectivity index is 1.56. The van der Waals surface area contributed by atoms with Gasteiger partial charge in [-0.15, -0.1) is 0 Å². The maximum absolute atomic E-state index is 13.8. The van der Waals surface area contributed by atoms with Crippen molar-refractivity contribution in [3.63, 3.8) is 0 Å². The van der Waals surface area contributed by atoms with Crippen molar-refractivity contribution in [3.05, 3.63) is 97.1 Å². The predicted octanol–water partition coefficient (Wildman–Crippen LogP) is 7.02. The van der Waals surface area contributed by atoms with Crippen LogP contribution in [0.1, 0.15) is 39.0 Å². The molecule has 0 aromatic heterocycles. The lowest BCUT2D eigenvalue weighted by Crippen LogP contribution is -2.23. The second-order valence-electron chi connectivity index (χ2n) is 9.87. The summed E-state index contributed by atoms with van der Waals surface area (Å²) in [5.74, 6) is -0.971. The summed E-state index contributed by atoms with van der Waals surface area (Å²) in [5, 5.41) is 20.1. The van der Waals surface area contributed by atoms with Gasteiger partial charge in [-0.25, -0.2) is 16.8 Å². The molecule has 8 heteroatoms. The Labute approximate surface area is 236 Å².